The van der Waals surface area contributed by atoms with Gasteiger partial charge in [-0.15, -0.1) is 0 Å². The van der Waals surface area contributed by atoms with Crippen LogP contribution in [0.4, 0.5) is 5.82 Å². The highest BCUT2D eigenvalue weighted by molar-refractivity contribution is 9.10. The number of amides is 1. The molecule has 1 aromatic carbocycles. The number of carbonyl (C=O) groups is 1. The van der Waals surface area contributed by atoms with Crippen LogP contribution < -0.4 is 5.32 Å². The van der Waals surface area contributed by atoms with E-state index in [-0.39, 0.29) is 5.91 Å². The molecule has 5 heteroatoms. The van der Waals surface area contributed by atoms with Crippen LogP contribution in [0.3, 0.4) is 0 Å². The van der Waals surface area contributed by atoms with E-state index in [1.165, 1.54) is 0 Å². The summed E-state index contributed by atoms with van der Waals surface area (Å²) in [5, 5.41) is 9.65. The second kappa shape index (κ2) is 5.35. The second-order valence-corrected chi connectivity index (χ2v) is 5.02. The first-order valence-corrected chi connectivity index (χ1v) is 6.50. The number of hydrogen-bond acceptors (Lipinski definition) is 2. The number of carbonyl (C=O) groups excluding carboxylic acids is 1. The average molecular weight is 308 g/mol. The van der Waals surface area contributed by atoms with Crippen LogP contribution >= 0.6 is 15.9 Å². The zero-order valence-electron chi connectivity index (χ0n) is 10.2. The van der Waals surface area contributed by atoms with Gasteiger partial charge in [-0.3, -0.25) is 9.89 Å². The third-order valence-corrected chi connectivity index (χ3v) is 3.02. The van der Waals surface area contributed by atoms with Crippen molar-refractivity contribution < 1.29 is 4.79 Å². The van der Waals surface area contributed by atoms with Gasteiger partial charge in [-0.25, -0.2) is 0 Å². The summed E-state index contributed by atoms with van der Waals surface area (Å²) in [6, 6.07) is 7.42. The van der Waals surface area contributed by atoms with Crippen molar-refractivity contribution in [2.24, 2.45) is 0 Å². The number of halogens is 1. The van der Waals surface area contributed by atoms with Crippen LogP contribution in [0, 0.1) is 6.92 Å². The standard InChI is InChI=1S/C13H14BrN3O/c1-3-11-7-12(17-16-11)15-13(18)9-4-8(2)5-10(14)6-9/h4-7H,3H2,1-2H3,(H2,15,16,17,18). The van der Waals surface area contributed by atoms with Gasteiger partial charge in [0.15, 0.2) is 5.82 Å². The van der Waals surface area contributed by atoms with E-state index in [1.807, 2.05) is 32.0 Å². The van der Waals surface area contributed by atoms with Crippen molar-refractivity contribution >= 4 is 27.7 Å². The summed E-state index contributed by atoms with van der Waals surface area (Å²) in [5.41, 5.74) is 2.64. The Kier molecular flexibility index (Phi) is 3.81. The summed E-state index contributed by atoms with van der Waals surface area (Å²) in [5.74, 6) is 0.392. The Balaban J connectivity index is 2.16. The Morgan fingerprint density at radius 1 is 1.39 bits per heavy atom. The molecule has 0 bridgehead atoms. The first kappa shape index (κ1) is 12.8. The number of benzene rings is 1. The average Bonchev–Trinajstić information content (AvgIpc) is 2.75. The van der Waals surface area contributed by atoms with E-state index in [0.717, 1.165) is 22.2 Å². The van der Waals surface area contributed by atoms with Crippen molar-refractivity contribution in [1.82, 2.24) is 10.2 Å². The highest BCUT2D eigenvalue weighted by Crippen LogP contribution is 2.16. The molecule has 0 saturated carbocycles. The molecule has 0 aliphatic rings. The molecule has 0 spiro atoms. The lowest BCUT2D eigenvalue weighted by Gasteiger charge is -2.04. The zero-order chi connectivity index (χ0) is 13.1. The molecule has 1 aromatic heterocycles. The minimum absolute atomic E-state index is 0.159. The summed E-state index contributed by atoms with van der Waals surface area (Å²) >= 11 is 3.38. The molecule has 2 rings (SSSR count). The van der Waals surface area contributed by atoms with Crippen molar-refractivity contribution in [3.63, 3.8) is 0 Å². The van der Waals surface area contributed by atoms with E-state index in [4.69, 9.17) is 0 Å². The molecule has 0 atom stereocenters. The fourth-order valence-corrected chi connectivity index (χ4v) is 2.27. The van der Waals surface area contributed by atoms with Gasteiger partial charge in [-0.2, -0.15) is 5.10 Å². The Hall–Kier alpha value is -1.62. The third kappa shape index (κ3) is 2.98. The summed E-state index contributed by atoms with van der Waals surface area (Å²) in [6.07, 6.45) is 0.860. The summed E-state index contributed by atoms with van der Waals surface area (Å²) in [7, 11) is 0. The summed E-state index contributed by atoms with van der Waals surface area (Å²) < 4.78 is 0.893. The highest BCUT2D eigenvalue weighted by Gasteiger charge is 2.09. The van der Waals surface area contributed by atoms with Crippen LogP contribution in [0.15, 0.2) is 28.7 Å². The Morgan fingerprint density at radius 2 is 2.17 bits per heavy atom. The third-order valence-electron chi connectivity index (χ3n) is 2.56. The number of nitrogens with zero attached hydrogens (tertiary/aromatic N) is 1. The lowest BCUT2D eigenvalue weighted by Crippen LogP contribution is -2.12. The van der Waals surface area contributed by atoms with Gasteiger partial charge in [0.2, 0.25) is 0 Å². The maximum atomic E-state index is 12.0. The van der Waals surface area contributed by atoms with Crippen LogP contribution in [-0.4, -0.2) is 16.1 Å². The van der Waals surface area contributed by atoms with Gasteiger partial charge in [0.1, 0.15) is 0 Å². The molecule has 0 saturated heterocycles. The number of nitrogens with one attached hydrogen (secondary N) is 2. The van der Waals surface area contributed by atoms with Crippen LogP contribution in [0.1, 0.15) is 28.5 Å². The van der Waals surface area contributed by atoms with Gasteiger partial charge >= 0.3 is 0 Å². The molecule has 0 unspecified atom stereocenters. The number of aryl methyl sites for hydroxylation is 2. The fraction of sp³-hybridized carbons (Fsp3) is 0.231. The number of aromatic nitrogens is 2. The van der Waals surface area contributed by atoms with Crippen molar-refractivity contribution in [2.75, 3.05) is 5.32 Å². The van der Waals surface area contributed by atoms with E-state index < -0.39 is 0 Å². The first-order valence-electron chi connectivity index (χ1n) is 5.71. The van der Waals surface area contributed by atoms with Crippen LogP contribution in [-0.2, 0) is 6.42 Å². The van der Waals surface area contributed by atoms with Crippen LogP contribution in [0.25, 0.3) is 0 Å². The Bertz CT molecular complexity index is 557. The number of H-pyrrole nitrogens is 1. The van der Waals surface area contributed by atoms with E-state index in [0.29, 0.717) is 11.4 Å². The molecule has 0 aliphatic carbocycles. The maximum absolute atomic E-state index is 12.0. The summed E-state index contributed by atoms with van der Waals surface area (Å²) in [4.78, 5) is 12.0. The SMILES string of the molecule is CCc1cc(NC(=O)c2cc(C)cc(Br)c2)n[nH]1. The molecule has 0 fully saturated rings. The lowest BCUT2D eigenvalue weighted by molar-refractivity contribution is 0.102. The monoisotopic (exact) mass is 307 g/mol. The molecule has 94 valence electrons. The number of hydrogen-bond donors (Lipinski definition) is 2. The van der Waals surface area contributed by atoms with E-state index >= 15 is 0 Å². The van der Waals surface area contributed by atoms with Gasteiger partial charge in [-0.05, 0) is 37.1 Å². The molecule has 1 amide bonds. The quantitative estimate of drug-likeness (QED) is 0.914. The molecule has 2 N–H and O–H groups in total. The molecular formula is C13H14BrN3O. The van der Waals surface area contributed by atoms with Gasteiger partial charge in [0.05, 0.1) is 0 Å². The molecule has 1 heterocycles. The molecule has 4 nitrogen and oxygen atoms in total. The minimum Gasteiger partial charge on any atom is -0.305 e. The van der Waals surface area contributed by atoms with Gasteiger partial charge in [-0.1, -0.05) is 22.9 Å². The molecule has 0 aliphatic heterocycles. The molecule has 0 radical (unpaired) electrons. The largest absolute Gasteiger partial charge is 0.305 e. The normalized spacial score (nSPS) is 10.4. The van der Waals surface area contributed by atoms with Gasteiger partial charge in [0, 0.05) is 21.8 Å². The predicted molar refractivity (Wildman–Crippen MR) is 74.8 cm³/mol. The molecular weight excluding hydrogens is 294 g/mol. The summed E-state index contributed by atoms with van der Waals surface area (Å²) in [6.45, 7) is 3.97. The second-order valence-electron chi connectivity index (χ2n) is 4.10. The first-order chi connectivity index (χ1) is 8.58. The molecule has 2 aromatic rings. The van der Waals surface area contributed by atoms with Crippen LogP contribution in [0.2, 0.25) is 0 Å². The minimum atomic E-state index is -0.159. The number of anilines is 1. The van der Waals surface area contributed by atoms with Crippen molar-refractivity contribution in [1.29, 1.82) is 0 Å². The van der Waals surface area contributed by atoms with E-state index in [2.05, 4.69) is 31.4 Å². The molecule has 18 heavy (non-hydrogen) atoms. The lowest BCUT2D eigenvalue weighted by atomic mass is 10.1. The Labute approximate surface area is 114 Å². The van der Waals surface area contributed by atoms with Crippen molar-refractivity contribution in [3.8, 4) is 0 Å². The Morgan fingerprint density at radius 3 is 2.78 bits per heavy atom. The number of rotatable bonds is 3. The maximum Gasteiger partial charge on any atom is 0.256 e. The topological polar surface area (TPSA) is 57.8 Å². The predicted octanol–water partition coefficient (Wildman–Crippen LogP) is 3.30. The fourth-order valence-electron chi connectivity index (χ4n) is 1.66. The van der Waals surface area contributed by atoms with E-state index in [9.17, 15) is 4.79 Å². The highest BCUT2D eigenvalue weighted by atomic mass is 79.9. The van der Waals surface area contributed by atoms with Gasteiger partial charge < -0.3 is 5.32 Å². The van der Waals surface area contributed by atoms with Gasteiger partial charge in [0.25, 0.3) is 5.91 Å². The van der Waals surface area contributed by atoms with Crippen LogP contribution in [0.5, 0.6) is 0 Å². The smallest absolute Gasteiger partial charge is 0.256 e. The van der Waals surface area contributed by atoms with Crippen molar-refractivity contribution in [3.05, 3.63) is 45.6 Å². The van der Waals surface area contributed by atoms with E-state index in [1.54, 1.807) is 6.07 Å². The zero-order valence-corrected chi connectivity index (χ0v) is 11.8. The van der Waals surface area contributed by atoms with Crippen molar-refractivity contribution in [2.45, 2.75) is 20.3 Å². The number of aromatic amines is 1.